The number of benzene rings is 2. The van der Waals surface area contributed by atoms with Crippen LogP contribution in [0, 0.1) is 0 Å². The van der Waals surface area contributed by atoms with Crippen molar-refractivity contribution in [3.63, 3.8) is 0 Å². The van der Waals surface area contributed by atoms with E-state index in [2.05, 4.69) is 5.10 Å². The van der Waals surface area contributed by atoms with E-state index >= 15 is 0 Å². The van der Waals surface area contributed by atoms with Gasteiger partial charge in [-0.25, -0.2) is 9.48 Å². The molecule has 1 saturated heterocycles. The topological polar surface area (TPSA) is 69.4 Å². The van der Waals surface area contributed by atoms with Crippen LogP contribution < -0.4 is 10.4 Å². The third-order valence-electron chi connectivity index (χ3n) is 5.78. The Labute approximate surface area is 181 Å². The summed E-state index contributed by atoms with van der Waals surface area (Å²) in [5.41, 5.74) is 1.56. The predicted octanol–water partition coefficient (Wildman–Crippen LogP) is 3.05. The van der Waals surface area contributed by atoms with Crippen LogP contribution in [0.1, 0.15) is 47.4 Å². The number of carbonyl (C=O) groups is 1. The molecule has 1 fully saturated rings. The average molecular weight is 421 g/mol. The number of ether oxygens (including phenoxy) is 1. The van der Waals surface area contributed by atoms with Gasteiger partial charge in [0, 0.05) is 26.1 Å². The number of aromatic nitrogens is 3. The van der Waals surface area contributed by atoms with Crippen molar-refractivity contribution in [1.29, 1.82) is 0 Å². The molecule has 1 aromatic heterocycles. The highest BCUT2D eigenvalue weighted by molar-refractivity contribution is 5.97. The van der Waals surface area contributed by atoms with E-state index in [1.165, 1.54) is 4.68 Å². The second-order valence-corrected chi connectivity index (χ2v) is 7.83. The first-order valence-electron chi connectivity index (χ1n) is 10.8. The van der Waals surface area contributed by atoms with E-state index in [1.807, 2.05) is 66.4 Å². The third kappa shape index (κ3) is 4.40. The molecule has 2 aromatic carbocycles. The SMILES string of the molecule is CCOc1ccccc1C(=O)N1CCC(c2nn(C)c(=O)n2Cc2ccccc2)CC1. The van der Waals surface area contributed by atoms with E-state index < -0.39 is 0 Å². The average Bonchev–Trinajstić information content (AvgIpc) is 3.08. The molecular weight excluding hydrogens is 392 g/mol. The molecule has 0 aliphatic carbocycles. The number of carbonyl (C=O) groups excluding carboxylic acids is 1. The van der Waals surface area contributed by atoms with Crippen LogP contribution in [-0.2, 0) is 13.6 Å². The van der Waals surface area contributed by atoms with Crippen molar-refractivity contribution in [3.05, 3.63) is 82.0 Å². The Morgan fingerprint density at radius 2 is 1.74 bits per heavy atom. The number of hydrogen-bond donors (Lipinski definition) is 0. The number of hydrogen-bond acceptors (Lipinski definition) is 4. The number of piperidine rings is 1. The highest BCUT2D eigenvalue weighted by atomic mass is 16.5. The zero-order valence-electron chi connectivity index (χ0n) is 18.0. The van der Waals surface area contributed by atoms with E-state index in [1.54, 1.807) is 11.6 Å². The van der Waals surface area contributed by atoms with E-state index in [0.29, 0.717) is 37.6 Å². The first-order valence-corrected chi connectivity index (χ1v) is 10.8. The second-order valence-electron chi connectivity index (χ2n) is 7.83. The molecule has 7 nitrogen and oxygen atoms in total. The van der Waals surface area contributed by atoms with Gasteiger partial charge in [-0.2, -0.15) is 5.10 Å². The molecule has 2 heterocycles. The number of para-hydroxylation sites is 1. The number of likely N-dealkylation sites (tertiary alicyclic amines) is 1. The lowest BCUT2D eigenvalue weighted by Crippen LogP contribution is -2.38. The van der Waals surface area contributed by atoms with Crippen LogP contribution in [0.3, 0.4) is 0 Å². The lowest BCUT2D eigenvalue weighted by molar-refractivity contribution is 0.0706. The summed E-state index contributed by atoms with van der Waals surface area (Å²) >= 11 is 0. The summed E-state index contributed by atoms with van der Waals surface area (Å²) in [5.74, 6) is 1.56. The Hall–Kier alpha value is -3.35. The highest BCUT2D eigenvalue weighted by Crippen LogP contribution is 2.29. The van der Waals surface area contributed by atoms with E-state index in [-0.39, 0.29) is 17.5 Å². The predicted molar refractivity (Wildman–Crippen MR) is 119 cm³/mol. The van der Waals surface area contributed by atoms with E-state index in [0.717, 1.165) is 24.2 Å². The minimum atomic E-state index is -0.108. The zero-order chi connectivity index (χ0) is 21.8. The Morgan fingerprint density at radius 1 is 1.06 bits per heavy atom. The molecular formula is C24H28N4O3. The molecule has 1 amide bonds. The van der Waals surface area contributed by atoms with Crippen LogP contribution in [0.2, 0.25) is 0 Å². The Bertz CT molecular complexity index is 1100. The Morgan fingerprint density at radius 3 is 2.45 bits per heavy atom. The molecule has 0 spiro atoms. The van der Waals surface area contributed by atoms with Crippen molar-refractivity contribution < 1.29 is 9.53 Å². The second kappa shape index (κ2) is 9.20. The van der Waals surface area contributed by atoms with Crippen LogP contribution >= 0.6 is 0 Å². The van der Waals surface area contributed by atoms with Crippen molar-refractivity contribution in [2.75, 3.05) is 19.7 Å². The van der Waals surface area contributed by atoms with Gasteiger partial charge >= 0.3 is 5.69 Å². The smallest absolute Gasteiger partial charge is 0.345 e. The van der Waals surface area contributed by atoms with Crippen molar-refractivity contribution in [1.82, 2.24) is 19.2 Å². The fourth-order valence-electron chi connectivity index (χ4n) is 4.18. The van der Waals surface area contributed by atoms with E-state index in [4.69, 9.17) is 4.74 Å². The molecule has 0 atom stereocenters. The van der Waals surface area contributed by atoms with Gasteiger partial charge in [0.25, 0.3) is 5.91 Å². The maximum absolute atomic E-state index is 13.1. The lowest BCUT2D eigenvalue weighted by atomic mass is 9.95. The molecule has 162 valence electrons. The monoisotopic (exact) mass is 420 g/mol. The molecule has 1 aliphatic rings. The van der Waals surface area contributed by atoms with Crippen molar-refractivity contribution in [2.24, 2.45) is 7.05 Å². The van der Waals surface area contributed by atoms with Gasteiger partial charge < -0.3 is 9.64 Å². The zero-order valence-corrected chi connectivity index (χ0v) is 18.0. The minimum Gasteiger partial charge on any atom is -0.493 e. The van der Waals surface area contributed by atoms with Crippen LogP contribution in [0.15, 0.2) is 59.4 Å². The number of amides is 1. The van der Waals surface area contributed by atoms with Crippen LogP contribution in [0.4, 0.5) is 0 Å². The van der Waals surface area contributed by atoms with Crippen molar-refractivity contribution in [2.45, 2.75) is 32.2 Å². The normalized spacial score (nSPS) is 14.6. The molecule has 0 bridgehead atoms. The Balaban J connectivity index is 1.49. The van der Waals surface area contributed by atoms with Gasteiger partial charge in [0.05, 0.1) is 18.7 Å². The van der Waals surface area contributed by atoms with Gasteiger partial charge in [-0.1, -0.05) is 42.5 Å². The Kier molecular flexibility index (Phi) is 6.21. The molecule has 31 heavy (non-hydrogen) atoms. The van der Waals surface area contributed by atoms with Crippen molar-refractivity contribution >= 4 is 5.91 Å². The molecule has 1 aliphatic heterocycles. The molecule has 3 aromatic rings. The number of rotatable bonds is 6. The first kappa shape index (κ1) is 20.9. The van der Waals surface area contributed by atoms with Crippen LogP contribution in [-0.4, -0.2) is 44.9 Å². The van der Waals surface area contributed by atoms with Gasteiger partial charge in [-0.05, 0) is 37.5 Å². The van der Waals surface area contributed by atoms with Gasteiger partial charge in [-0.3, -0.25) is 9.36 Å². The number of nitrogens with zero attached hydrogens (tertiary/aromatic N) is 4. The fourth-order valence-corrected chi connectivity index (χ4v) is 4.18. The molecule has 0 N–H and O–H groups in total. The minimum absolute atomic E-state index is 0.00908. The van der Waals surface area contributed by atoms with Gasteiger partial charge in [0.2, 0.25) is 0 Å². The summed E-state index contributed by atoms with van der Waals surface area (Å²) in [7, 11) is 1.69. The van der Waals surface area contributed by atoms with Gasteiger partial charge in [0.15, 0.2) is 0 Å². The maximum atomic E-state index is 13.1. The summed E-state index contributed by atoms with van der Waals surface area (Å²) in [6, 6.07) is 17.3. The lowest BCUT2D eigenvalue weighted by Gasteiger charge is -2.32. The standard InChI is InChI=1S/C24H28N4O3/c1-3-31-21-12-8-7-11-20(21)23(29)27-15-13-19(14-16-27)22-25-26(2)24(30)28(22)17-18-9-5-4-6-10-18/h4-12,19H,3,13-17H2,1-2H3. The van der Waals surface area contributed by atoms with Crippen molar-refractivity contribution in [3.8, 4) is 5.75 Å². The number of aryl methyl sites for hydroxylation is 1. The van der Waals surface area contributed by atoms with Crippen LogP contribution in [0.5, 0.6) is 5.75 Å². The summed E-state index contributed by atoms with van der Waals surface area (Å²) in [6.45, 7) is 4.18. The fraction of sp³-hybridized carbons (Fsp3) is 0.375. The molecule has 7 heteroatoms. The largest absolute Gasteiger partial charge is 0.493 e. The third-order valence-corrected chi connectivity index (χ3v) is 5.78. The first-order chi connectivity index (χ1) is 15.1. The summed E-state index contributed by atoms with van der Waals surface area (Å²) in [6.07, 6.45) is 1.54. The quantitative estimate of drug-likeness (QED) is 0.615. The summed E-state index contributed by atoms with van der Waals surface area (Å²) in [5, 5.41) is 4.54. The van der Waals surface area contributed by atoms with Crippen LogP contribution in [0.25, 0.3) is 0 Å². The van der Waals surface area contributed by atoms with Gasteiger partial charge in [0.1, 0.15) is 11.6 Å². The highest BCUT2D eigenvalue weighted by Gasteiger charge is 2.29. The van der Waals surface area contributed by atoms with E-state index in [9.17, 15) is 9.59 Å². The summed E-state index contributed by atoms with van der Waals surface area (Å²) in [4.78, 5) is 27.6. The summed E-state index contributed by atoms with van der Waals surface area (Å²) < 4.78 is 8.81. The van der Waals surface area contributed by atoms with Gasteiger partial charge in [-0.15, -0.1) is 0 Å². The molecule has 4 rings (SSSR count). The molecule has 0 unspecified atom stereocenters. The molecule has 0 radical (unpaired) electrons. The maximum Gasteiger partial charge on any atom is 0.345 e. The molecule has 0 saturated carbocycles.